The summed E-state index contributed by atoms with van der Waals surface area (Å²) in [7, 11) is 0. The molecule has 0 amide bonds. The molecule has 0 unspecified atom stereocenters. The van der Waals surface area contributed by atoms with E-state index in [1.165, 1.54) is 5.56 Å². The summed E-state index contributed by atoms with van der Waals surface area (Å²) in [4.78, 5) is 0. The van der Waals surface area contributed by atoms with E-state index in [4.69, 9.17) is 4.52 Å². The van der Waals surface area contributed by atoms with Crippen LogP contribution in [-0.2, 0) is 0 Å². The van der Waals surface area contributed by atoms with Crippen molar-refractivity contribution in [1.82, 2.24) is 10.4 Å². The maximum absolute atomic E-state index is 4.95. The van der Waals surface area contributed by atoms with Crippen molar-refractivity contribution in [2.45, 2.75) is 19.8 Å². The van der Waals surface area contributed by atoms with Crippen LogP contribution in [0, 0.1) is 0 Å². The molecule has 0 saturated heterocycles. The second-order valence-corrected chi connectivity index (χ2v) is 3.12. The van der Waals surface area contributed by atoms with Crippen LogP contribution in [0.15, 0.2) is 22.7 Å². The highest BCUT2D eigenvalue weighted by atomic mass is 16.5. The highest BCUT2D eigenvalue weighted by Gasteiger charge is 2.08. The first-order chi connectivity index (χ1) is 5.79. The van der Waals surface area contributed by atoms with Gasteiger partial charge >= 0.3 is 0 Å². The maximum Gasteiger partial charge on any atom is 0.187 e. The normalized spacial score (nSPS) is 11.2. The Kier molecular flexibility index (Phi) is 1.57. The number of aromatic nitrogens is 2. The molecule has 3 nitrogen and oxygen atoms in total. The summed E-state index contributed by atoms with van der Waals surface area (Å²) < 4.78 is 4.95. The van der Waals surface area contributed by atoms with Crippen LogP contribution in [0.1, 0.15) is 25.3 Å². The molecule has 1 heterocycles. The predicted octanol–water partition coefficient (Wildman–Crippen LogP) is 2.35. The second kappa shape index (κ2) is 2.59. The Morgan fingerprint density at radius 1 is 1.33 bits per heavy atom. The molecule has 1 aromatic heterocycles. The predicted molar refractivity (Wildman–Crippen MR) is 45.9 cm³/mol. The summed E-state index contributed by atoms with van der Waals surface area (Å²) in [6.45, 7) is 4.26. The molecular formula is C9H10N2O. The van der Waals surface area contributed by atoms with E-state index in [2.05, 4.69) is 30.3 Å². The molecule has 0 atom stereocenters. The minimum atomic E-state index is 0.459. The van der Waals surface area contributed by atoms with Crippen LogP contribution >= 0.6 is 0 Å². The van der Waals surface area contributed by atoms with Crippen LogP contribution in [0.25, 0.3) is 11.1 Å². The Morgan fingerprint density at radius 2 is 2.17 bits per heavy atom. The molecule has 0 N–H and O–H groups in total. The average Bonchev–Trinajstić information content (AvgIpc) is 2.49. The zero-order valence-electron chi connectivity index (χ0n) is 7.11. The summed E-state index contributed by atoms with van der Waals surface area (Å²) in [6.07, 6.45) is 0. The zero-order valence-corrected chi connectivity index (χ0v) is 7.11. The van der Waals surface area contributed by atoms with E-state index in [0.717, 1.165) is 11.1 Å². The zero-order chi connectivity index (χ0) is 8.55. The summed E-state index contributed by atoms with van der Waals surface area (Å²) in [6, 6.07) is 5.89. The van der Waals surface area contributed by atoms with E-state index in [-0.39, 0.29) is 0 Å². The van der Waals surface area contributed by atoms with Gasteiger partial charge in [-0.3, -0.25) is 0 Å². The second-order valence-electron chi connectivity index (χ2n) is 3.12. The van der Waals surface area contributed by atoms with Gasteiger partial charge in [-0.25, -0.2) is 0 Å². The Labute approximate surface area is 70.4 Å². The lowest BCUT2D eigenvalue weighted by Gasteiger charge is -2.02. The van der Waals surface area contributed by atoms with Gasteiger partial charge in [-0.05, 0) is 17.5 Å². The van der Waals surface area contributed by atoms with Gasteiger partial charge in [0.2, 0.25) is 0 Å². The molecule has 0 aliphatic rings. The fraction of sp³-hybridized carbons (Fsp3) is 0.333. The molecule has 0 bridgehead atoms. The molecule has 12 heavy (non-hydrogen) atoms. The number of rotatable bonds is 1. The van der Waals surface area contributed by atoms with Gasteiger partial charge in [-0.2, -0.15) is 0 Å². The van der Waals surface area contributed by atoms with Crippen molar-refractivity contribution >= 4 is 11.1 Å². The largest absolute Gasteiger partial charge is 0.337 e. The fourth-order valence-electron chi connectivity index (χ4n) is 1.29. The van der Waals surface area contributed by atoms with Crippen LogP contribution in [0.4, 0.5) is 0 Å². The first kappa shape index (κ1) is 7.28. The monoisotopic (exact) mass is 162 g/mol. The van der Waals surface area contributed by atoms with Crippen LogP contribution in [0.2, 0.25) is 0 Å². The van der Waals surface area contributed by atoms with E-state index < -0.39 is 0 Å². The molecule has 0 radical (unpaired) electrons. The van der Waals surface area contributed by atoms with Gasteiger partial charge in [0.05, 0.1) is 0 Å². The fourth-order valence-corrected chi connectivity index (χ4v) is 1.29. The molecule has 0 aliphatic carbocycles. The van der Waals surface area contributed by atoms with Crippen molar-refractivity contribution in [2.75, 3.05) is 0 Å². The third kappa shape index (κ3) is 0.978. The van der Waals surface area contributed by atoms with Crippen LogP contribution in [-0.4, -0.2) is 10.4 Å². The Morgan fingerprint density at radius 3 is 2.92 bits per heavy atom. The SMILES string of the molecule is CC(C)c1cccc2onnc12. The van der Waals surface area contributed by atoms with Crippen molar-refractivity contribution in [3.8, 4) is 0 Å². The number of hydrogen-bond acceptors (Lipinski definition) is 3. The van der Waals surface area contributed by atoms with E-state index >= 15 is 0 Å². The van der Waals surface area contributed by atoms with E-state index in [9.17, 15) is 0 Å². The molecule has 2 aromatic rings. The highest BCUT2D eigenvalue weighted by Crippen LogP contribution is 2.22. The van der Waals surface area contributed by atoms with Crippen LogP contribution in [0.5, 0.6) is 0 Å². The summed E-state index contributed by atoms with van der Waals surface area (Å²) in [5.74, 6) is 0.459. The van der Waals surface area contributed by atoms with Crippen molar-refractivity contribution in [3.05, 3.63) is 23.8 Å². The maximum atomic E-state index is 4.95. The van der Waals surface area contributed by atoms with Gasteiger partial charge < -0.3 is 4.52 Å². The van der Waals surface area contributed by atoms with Gasteiger partial charge in [-0.15, -0.1) is 5.10 Å². The molecule has 62 valence electrons. The number of fused-ring (bicyclic) bond motifs is 1. The lowest BCUT2D eigenvalue weighted by molar-refractivity contribution is 0.424. The van der Waals surface area contributed by atoms with E-state index in [1.807, 2.05) is 12.1 Å². The highest BCUT2D eigenvalue weighted by molar-refractivity contribution is 5.75. The lowest BCUT2D eigenvalue weighted by atomic mass is 10.0. The third-order valence-corrected chi connectivity index (χ3v) is 1.93. The van der Waals surface area contributed by atoms with Crippen molar-refractivity contribution in [2.24, 2.45) is 0 Å². The third-order valence-electron chi connectivity index (χ3n) is 1.93. The van der Waals surface area contributed by atoms with Crippen LogP contribution < -0.4 is 0 Å². The van der Waals surface area contributed by atoms with Crippen molar-refractivity contribution in [1.29, 1.82) is 0 Å². The molecule has 0 saturated carbocycles. The van der Waals surface area contributed by atoms with Crippen LogP contribution in [0.3, 0.4) is 0 Å². The molecule has 2 rings (SSSR count). The first-order valence-corrected chi connectivity index (χ1v) is 4.00. The van der Waals surface area contributed by atoms with Gasteiger partial charge in [0.25, 0.3) is 0 Å². The van der Waals surface area contributed by atoms with Crippen molar-refractivity contribution in [3.63, 3.8) is 0 Å². The van der Waals surface area contributed by atoms with Gasteiger partial charge in [0, 0.05) is 5.27 Å². The summed E-state index contributed by atoms with van der Waals surface area (Å²) in [5.41, 5.74) is 2.84. The molecular weight excluding hydrogens is 152 g/mol. The first-order valence-electron chi connectivity index (χ1n) is 4.00. The van der Waals surface area contributed by atoms with E-state index in [0.29, 0.717) is 5.92 Å². The molecule has 1 aromatic carbocycles. The van der Waals surface area contributed by atoms with Gasteiger partial charge in [0.1, 0.15) is 5.52 Å². The summed E-state index contributed by atoms with van der Waals surface area (Å²) >= 11 is 0. The molecule has 0 fully saturated rings. The standard InChI is InChI=1S/C9H10N2O/c1-6(2)7-4-3-5-8-9(7)10-11-12-8/h3-6H,1-2H3. The summed E-state index contributed by atoms with van der Waals surface area (Å²) in [5, 5.41) is 7.44. The Hall–Kier alpha value is -1.38. The lowest BCUT2D eigenvalue weighted by Crippen LogP contribution is -1.88. The Balaban J connectivity index is 2.73. The topological polar surface area (TPSA) is 38.9 Å². The van der Waals surface area contributed by atoms with Gasteiger partial charge in [0.15, 0.2) is 5.58 Å². The smallest absolute Gasteiger partial charge is 0.187 e. The minimum Gasteiger partial charge on any atom is -0.337 e. The molecule has 0 spiro atoms. The minimum absolute atomic E-state index is 0.459. The number of benzene rings is 1. The van der Waals surface area contributed by atoms with E-state index in [1.54, 1.807) is 0 Å². The van der Waals surface area contributed by atoms with Crippen molar-refractivity contribution < 1.29 is 4.52 Å². The molecule has 3 heteroatoms. The Bertz CT molecular complexity index is 392. The quantitative estimate of drug-likeness (QED) is 0.646. The molecule has 0 aliphatic heterocycles. The number of nitrogens with zero attached hydrogens (tertiary/aromatic N) is 2. The average molecular weight is 162 g/mol. The number of hydrogen-bond donors (Lipinski definition) is 0. The van der Waals surface area contributed by atoms with Gasteiger partial charge in [-0.1, -0.05) is 26.0 Å².